The third-order valence-corrected chi connectivity index (χ3v) is 3.76. The van der Waals surface area contributed by atoms with E-state index in [-0.39, 0.29) is 5.54 Å². The van der Waals surface area contributed by atoms with Crippen molar-refractivity contribution in [2.45, 2.75) is 25.8 Å². The third-order valence-electron chi connectivity index (χ3n) is 3.53. The van der Waals surface area contributed by atoms with Crippen LogP contribution in [0.3, 0.4) is 0 Å². The minimum atomic E-state index is -0.246. The molecule has 0 aromatic heterocycles. The summed E-state index contributed by atoms with van der Waals surface area (Å²) in [5.41, 5.74) is 7.22. The molecule has 88 valence electrons. The molecule has 1 aliphatic rings. The average molecular weight is 240 g/mol. The molecule has 3 heteroatoms. The molecule has 0 saturated heterocycles. The molecule has 2 N–H and O–H groups in total. The first-order valence-corrected chi connectivity index (χ1v) is 5.99. The highest BCUT2D eigenvalue weighted by Crippen LogP contribution is 2.56. The van der Waals surface area contributed by atoms with Gasteiger partial charge in [-0.1, -0.05) is 25.4 Å². The van der Waals surface area contributed by atoms with Crippen LogP contribution in [0.4, 0.5) is 0 Å². The van der Waals surface area contributed by atoms with Crippen LogP contribution in [0.15, 0.2) is 18.2 Å². The van der Waals surface area contributed by atoms with Gasteiger partial charge in [-0.15, -0.1) is 0 Å². The summed E-state index contributed by atoms with van der Waals surface area (Å²) < 4.78 is 5.36. The van der Waals surface area contributed by atoms with Crippen LogP contribution in [0.25, 0.3) is 0 Å². The van der Waals surface area contributed by atoms with Gasteiger partial charge in [0.25, 0.3) is 0 Å². The van der Waals surface area contributed by atoms with Crippen LogP contribution in [0.1, 0.15) is 25.8 Å². The Labute approximate surface area is 102 Å². The number of ether oxygens (including phenoxy) is 1. The Hall–Kier alpha value is -0.730. The second-order valence-corrected chi connectivity index (χ2v) is 5.38. The highest BCUT2D eigenvalue weighted by molar-refractivity contribution is 6.30. The zero-order valence-electron chi connectivity index (χ0n) is 9.96. The van der Waals surface area contributed by atoms with Crippen LogP contribution in [0, 0.1) is 11.8 Å². The summed E-state index contributed by atoms with van der Waals surface area (Å²) in [7, 11) is 1.67. The fourth-order valence-electron chi connectivity index (χ4n) is 2.49. The molecule has 2 rings (SSSR count). The minimum Gasteiger partial charge on any atom is -0.496 e. The molecule has 0 bridgehead atoms. The molecule has 0 heterocycles. The van der Waals surface area contributed by atoms with Crippen LogP contribution < -0.4 is 10.5 Å². The van der Waals surface area contributed by atoms with Crippen molar-refractivity contribution in [3.63, 3.8) is 0 Å². The molecule has 1 fully saturated rings. The van der Waals surface area contributed by atoms with E-state index >= 15 is 0 Å². The number of methoxy groups -OCH3 is 1. The molecule has 1 saturated carbocycles. The first-order valence-electron chi connectivity index (χ1n) is 5.62. The van der Waals surface area contributed by atoms with Gasteiger partial charge in [-0.3, -0.25) is 0 Å². The Bertz CT molecular complexity index is 405. The Morgan fingerprint density at radius 3 is 2.69 bits per heavy atom. The van der Waals surface area contributed by atoms with Gasteiger partial charge in [0, 0.05) is 16.1 Å². The Balaban J connectivity index is 2.37. The third kappa shape index (κ3) is 1.80. The van der Waals surface area contributed by atoms with E-state index in [1.807, 2.05) is 18.2 Å². The maximum absolute atomic E-state index is 6.42. The lowest BCUT2D eigenvalue weighted by atomic mass is 9.97. The first-order chi connectivity index (χ1) is 7.49. The van der Waals surface area contributed by atoms with E-state index in [0.717, 1.165) is 22.8 Å². The van der Waals surface area contributed by atoms with Crippen LogP contribution in [-0.2, 0) is 5.54 Å². The number of hydrogen-bond donors (Lipinski definition) is 1. The zero-order valence-corrected chi connectivity index (χ0v) is 10.7. The van der Waals surface area contributed by atoms with Crippen LogP contribution in [0.5, 0.6) is 5.75 Å². The van der Waals surface area contributed by atoms with Crippen molar-refractivity contribution in [1.82, 2.24) is 0 Å². The Morgan fingerprint density at radius 2 is 2.19 bits per heavy atom. The summed E-state index contributed by atoms with van der Waals surface area (Å²) in [6, 6.07) is 5.66. The van der Waals surface area contributed by atoms with Crippen LogP contribution in [0.2, 0.25) is 5.02 Å². The summed E-state index contributed by atoms with van der Waals surface area (Å²) in [5, 5.41) is 0.718. The lowest BCUT2D eigenvalue weighted by Gasteiger charge is -2.17. The molecule has 1 aromatic carbocycles. The topological polar surface area (TPSA) is 35.2 Å². The molecule has 0 amide bonds. The van der Waals surface area contributed by atoms with Gasteiger partial charge in [0.2, 0.25) is 0 Å². The maximum atomic E-state index is 6.42. The predicted octanol–water partition coefficient (Wildman–Crippen LogP) is 3.18. The number of halogens is 1. The van der Waals surface area contributed by atoms with E-state index in [1.165, 1.54) is 0 Å². The predicted molar refractivity (Wildman–Crippen MR) is 66.8 cm³/mol. The normalized spacial score (nSPS) is 28.2. The Kier molecular flexibility index (Phi) is 2.89. The fourth-order valence-corrected chi connectivity index (χ4v) is 2.66. The van der Waals surface area contributed by atoms with E-state index in [1.54, 1.807) is 7.11 Å². The number of hydrogen-bond acceptors (Lipinski definition) is 2. The van der Waals surface area contributed by atoms with Gasteiger partial charge >= 0.3 is 0 Å². The fraction of sp³-hybridized carbons (Fsp3) is 0.538. The summed E-state index contributed by atoms with van der Waals surface area (Å²) >= 11 is 6.02. The number of nitrogens with two attached hydrogens (primary N) is 1. The van der Waals surface area contributed by atoms with Gasteiger partial charge < -0.3 is 10.5 Å². The van der Waals surface area contributed by atoms with Crippen molar-refractivity contribution in [1.29, 1.82) is 0 Å². The zero-order chi connectivity index (χ0) is 11.9. The lowest BCUT2D eigenvalue weighted by molar-refractivity contribution is 0.397. The van der Waals surface area contributed by atoms with Gasteiger partial charge in [-0.25, -0.2) is 0 Å². The molecule has 16 heavy (non-hydrogen) atoms. The van der Waals surface area contributed by atoms with Gasteiger partial charge in [0.15, 0.2) is 0 Å². The molecule has 2 nitrogen and oxygen atoms in total. The molecule has 1 aliphatic carbocycles. The van der Waals surface area contributed by atoms with E-state index in [9.17, 15) is 0 Å². The van der Waals surface area contributed by atoms with Crippen molar-refractivity contribution in [3.8, 4) is 5.75 Å². The highest BCUT2D eigenvalue weighted by atomic mass is 35.5. The average Bonchev–Trinajstić information content (AvgIpc) is 2.92. The monoisotopic (exact) mass is 239 g/mol. The number of rotatable bonds is 3. The largest absolute Gasteiger partial charge is 0.496 e. The first kappa shape index (κ1) is 11.7. The van der Waals surface area contributed by atoms with Gasteiger partial charge in [-0.2, -0.15) is 0 Å². The second kappa shape index (κ2) is 3.94. The van der Waals surface area contributed by atoms with Crippen LogP contribution in [-0.4, -0.2) is 7.11 Å². The summed E-state index contributed by atoms with van der Waals surface area (Å²) in [5.74, 6) is 1.96. The van der Waals surface area contributed by atoms with E-state index < -0.39 is 0 Å². The van der Waals surface area contributed by atoms with Gasteiger partial charge in [0.05, 0.1) is 7.11 Å². The van der Waals surface area contributed by atoms with Crippen molar-refractivity contribution in [2.24, 2.45) is 17.6 Å². The van der Waals surface area contributed by atoms with Gasteiger partial charge in [-0.05, 0) is 36.5 Å². The highest BCUT2D eigenvalue weighted by Gasteiger charge is 2.54. The smallest absolute Gasteiger partial charge is 0.124 e. The molecule has 0 radical (unpaired) electrons. The lowest BCUT2D eigenvalue weighted by Crippen LogP contribution is -2.24. The van der Waals surface area contributed by atoms with Crippen molar-refractivity contribution >= 4 is 11.6 Å². The maximum Gasteiger partial charge on any atom is 0.124 e. The molecule has 0 aliphatic heterocycles. The quantitative estimate of drug-likeness (QED) is 0.879. The van der Waals surface area contributed by atoms with Crippen molar-refractivity contribution in [2.75, 3.05) is 7.11 Å². The van der Waals surface area contributed by atoms with Crippen molar-refractivity contribution < 1.29 is 4.74 Å². The number of benzene rings is 1. The SMILES string of the molecule is COc1ccc(Cl)cc1C1(N)CC1C(C)C. The minimum absolute atomic E-state index is 0.246. The van der Waals surface area contributed by atoms with E-state index in [2.05, 4.69) is 13.8 Å². The molecular weight excluding hydrogens is 222 g/mol. The van der Waals surface area contributed by atoms with Crippen molar-refractivity contribution in [3.05, 3.63) is 28.8 Å². The molecule has 2 unspecified atom stereocenters. The summed E-state index contributed by atoms with van der Waals surface area (Å²) in [6.45, 7) is 4.41. The summed E-state index contributed by atoms with van der Waals surface area (Å²) in [6.07, 6.45) is 1.02. The van der Waals surface area contributed by atoms with Gasteiger partial charge in [0.1, 0.15) is 5.75 Å². The Morgan fingerprint density at radius 1 is 1.50 bits per heavy atom. The second-order valence-electron chi connectivity index (χ2n) is 4.94. The molecule has 2 atom stereocenters. The molecular formula is C13H18ClNO. The van der Waals surface area contributed by atoms with Crippen LogP contribution >= 0.6 is 11.6 Å². The molecule has 1 aromatic rings. The summed E-state index contributed by atoms with van der Waals surface area (Å²) in [4.78, 5) is 0. The standard InChI is InChI=1S/C13H18ClNO/c1-8(2)11-7-13(11,15)10-6-9(14)4-5-12(10)16-3/h4-6,8,11H,7,15H2,1-3H3. The van der Waals surface area contributed by atoms with E-state index in [0.29, 0.717) is 11.8 Å². The molecule has 0 spiro atoms. The van der Waals surface area contributed by atoms with E-state index in [4.69, 9.17) is 22.1 Å².